The molecular formula is C19H29Cl. The molecule has 0 spiro atoms. The van der Waals surface area contributed by atoms with E-state index >= 15 is 0 Å². The van der Waals surface area contributed by atoms with E-state index in [2.05, 4.69) is 31.2 Å². The van der Waals surface area contributed by atoms with Crippen LogP contribution in [0.1, 0.15) is 81.2 Å². The van der Waals surface area contributed by atoms with Crippen molar-refractivity contribution in [2.75, 3.05) is 0 Å². The molecule has 20 heavy (non-hydrogen) atoms. The van der Waals surface area contributed by atoms with E-state index in [-0.39, 0.29) is 5.38 Å². The zero-order valence-corrected chi connectivity index (χ0v) is 13.7. The Balaban J connectivity index is 1.80. The Hall–Kier alpha value is -0.490. The Labute approximate surface area is 129 Å². The molecule has 0 aliphatic heterocycles. The lowest BCUT2D eigenvalue weighted by molar-refractivity contribution is 0.410. The third kappa shape index (κ3) is 4.52. The minimum absolute atomic E-state index is 0.240. The summed E-state index contributed by atoms with van der Waals surface area (Å²) in [6.07, 6.45) is 13.4. The highest BCUT2D eigenvalue weighted by Gasteiger charge is 2.25. The first kappa shape index (κ1) is 15.9. The predicted octanol–water partition coefficient (Wildman–Crippen LogP) is 6.67. The maximum atomic E-state index is 6.78. The van der Waals surface area contributed by atoms with Crippen molar-refractivity contribution < 1.29 is 0 Å². The average molecular weight is 293 g/mol. The highest BCUT2D eigenvalue weighted by atomic mass is 35.5. The molecule has 0 amide bonds. The summed E-state index contributed by atoms with van der Waals surface area (Å²) in [5.41, 5.74) is 2.89. The molecule has 0 heterocycles. The van der Waals surface area contributed by atoms with Crippen LogP contribution in [-0.4, -0.2) is 0 Å². The van der Waals surface area contributed by atoms with Crippen LogP contribution in [0.25, 0.3) is 0 Å². The third-order valence-corrected chi connectivity index (χ3v) is 5.31. The minimum atomic E-state index is 0.240. The second-order valence-electron chi connectivity index (χ2n) is 6.31. The Morgan fingerprint density at radius 1 is 1.05 bits per heavy atom. The fourth-order valence-electron chi connectivity index (χ4n) is 3.46. The number of fused-ring (bicyclic) bond motifs is 1. The minimum Gasteiger partial charge on any atom is -0.118 e. The van der Waals surface area contributed by atoms with Gasteiger partial charge in [-0.25, -0.2) is 0 Å². The predicted molar refractivity (Wildman–Crippen MR) is 89.5 cm³/mol. The molecule has 2 rings (SSSR count). The molecule has 0 saturated heterocycles. The molecule has 112 valence electrons. The van der Waals surface area contributed by atoms with Crippen molar-refractivity contribution in [2.45, 2.75) is 76.5 Å². The summed E-state index contributed by atoms with van der Waals surface area (Å²) in [4.78, 5) is 0. The molecule has 1 aromatic rings. The molecule has 0 saturated carbocycles. The van der Waals surface area contributed by atoms with E-state index in [1.165, 1.54) is 75.3 Å². The summed E-state index contributed by atoms with van der Waals surface area (Å²) in [5, 5.41) is 0.240. The van der Waals surface area contributed by atoms with Gasteiger partial charge >= 0.3 is 0 Å². The van der Waals surface area contributed by atoms with Crippen LogP contribution >= 0.6 is 11.6 Å². The fourth-order valence-corrected chi connectivity index (χ4v) is 3.93. The number of benzene rings is 1. The van der Waals surface area contributed by atoms with E-state index in [1.54, 1.807) is 0 Å². The normalized spacial score (nSPS) is 22.3. The van der Waals surface area contributed by atoms with Gasteiger partial charge in [-0.15, -0.1) is 11.6 Å². The van der Waals surface area contributed by atoms with Crippen LogP contribution in [0.15, 0.2) is 24.3 Å². The Morgan fingerprint density at radius 2 is 1.80 bits per heavy atom. The van der Waals surface area contributed by atoms with Crippen LogP contribution in [0.5, 0.6) is 0 Å². The average Bonchev–Trinajstić information content (AvgIpc) is 2.63. The van der Waals surface area contributed by atoms with E-state index in [1.807, 2.05) is 0 Å². The van der Waals surface area contributed by atoms with Crippen LogP contribution in [0, 0.1) is 5.92 Å². The number of halogens is 1. The highest BCUT2D eigenvalue weighted by Crippen LogP contribution is 2.40. The van der Waals surface area contributed by atoms with Crippen molar-refractivity contribution in [2.24, 2.45) is 5.92 Å². The van der Waals surface area contributed by atoms with Crippen LogP contribution in [0.4, 0.5) is 0 Å². The van der Waals surface area contributed by atoms with E-state index < -0.39 is 0 Å². The van der Waals surface area contributed by atoms with E-state index in [9.17, 15) is 0 Å². The molecule has 0 fully saturated rings. The van der Waals surface area contributed by atoms with Crippen molar-refractivity contribution in [3.05, 3.63) is 35.4 Å². The van der Waals surface area contributed by atoms with Crippen LogP contribution in [0.3, 0.4) is 0 Å². The van der Waals surface area contributed by atoms with Crippen molar-refractivity contribution in [1.29, 1.82) is 0 Å². The first-order valence-electron chi connectivity index (χ1n) is 8.54. The van der Waals surface area contributed by atoms with Gasteiger partial charge in [0.1, 0.15) is 0 Å². The number of hydrogen-bond donors (Lipinski definition) is 0. The SMILES string of the molecule is CCCCCCCCC1CCCc2ccccc2C1Cl. The molecule has 1 aliphatic rings. The van der Waals surface area contributed by atoms with Crippen molar-refractivity contribution in [3.63, 3.8) is 0 Å². The van der Waals surface area contributed by atoms with Crippen LogP contribution in [-0.2, 0) is 6.42 Å². The summed E-state index contributed by atoms with van der Waals surface area (Å²) in [6.45, 7) is 2.28. The fraction of sp³-hybridized carbons (Fsp3) is 0.684. The summed E-state index contributed by atoms with van der Waals surface area (Å²) >= 11 is 6.78. The Bertz CT molecular complexity index is 385. The van der Waals surface area contributed by atoms with Crippen LogP contribution < -0.4 is 0 Å². The van der Waals surface area contributed by atoms with Gasteiger partial charge < -0.3 is 0 Å². The molecule has 2 atom stereocenters. The standard InChI is InChI=1S/C19H29Cl/c1-2-3-4-5-6-7-12-17-14-10-13-16-11-8-9-15-18(16)19(17)20/h8-9,11,15,17,19H,2-7,10,12-14H2,1H3. The molecule has 0 radical (unpaired) electrons. The monoisotopic (exact) mass is 292 g/mol. The maximum Gasteiger partial charge on any atom is 0.0616 e. The molecule has 2 unspecified atom stereocenters. The molecule has 0 nitrogen and oxygen atoms in total. The van der Waals surface area contributed by atoms with E-state index in [0.717, 1.165) is 0 Å². The van der Waals surface area contributed by atoms with Crippen molar-refractivity contribution in [3.8, 4) is 0 Å². The van der Waals surface area contributed by atoms with Gasteiger partial charge in [0.15, 0.2) is 0 Å². The smallest absolute Gasteiger partial charge is 0.0616 e. The number of hydrogen-bond acceptors (Lipinski definition) is 0. The quantitative estimate of drug-likeness (QED) is 0.299. The zero-order valence-electron chi connectivity index (χ0n) is 12.9. The first-order valence-corrected chi connectivity index (χ1v) is 8.98. The van der Waals surface area contributed by atoms with Gasteiger partial charge in [-0.1, -0.05) is 69.7 Å². The molecule has 1 aromatic carbocycles. The van der Waals surface area contributed by atoms with Gasteiger partial charge in [-0.3, -0.25) is 0 Å². The lowest BCUT2D eigenvalue weighted by Crippen LogP contribution is -2.07. The number of unbranched alkanes of at least 4 members (excludes halogenated alkanes) is 5. The van der Waals surface area contributed by atoms with Crippen molar-refractivity contribution in [1.82, 2.24) is 0 Å². The lowest BCUT2D eigenvalue weighted by Gasteiger charge is -2.21. The molecule has 1 heteroatoms. The van der Waals surface area contributed by atoms with Gasteiger partial charge in [0, 0.05) is 0 Å². The molecule has 1 aliphatic carbocycles. The number of aryl methyl sites for hydroxylation is 1. The lowest BCUT2D eigenvalue weighted by atomic mass is 9.91. The van der Waals surface area contributed by atoms with Gasteiger partial charge in [0.2, 0.25) is 0 Å². The van der Waals surface area contributed by atoms with Crippen molar-refractivity contribution >= 4 is 11.6 Å². The summed E-state index contributed by atoms with van der Waals surface area (Å²) < 4.78 is 0. The van der Waals surface area contributed by atoms with Crippen LogP contribution in [0.2, 0.25) is 0 Å². The van der Waals surface area contributed by atoms with Gasteiger partial charge in [0.25, 0.3) is 0 Å². The second kappa shape index (κ2) is 8.72. The number of rotatable bonds is 7. The molecule has 0 bridgehead atoms. The molecular weight excluding hydrogens is 264 g/mol. The Morgan fingerprint density at radius 3 is 2.65 bits per heavy atom. The van der Waals surface area contributed by atoms with Gasteiger partial charge in [-0.2, -0.15) is 0 Å². The summed E-state index contributed by atoms with van der Waals surface area (Å²) in [5.74, 6) is 0.687. The summed E-state index contributed by atoms with van der Waals surface area (Å²) in [6, 6.07) is 8.79. The van der Waals surface area contributed by atoms with E-state index in [0.29, 0.717) is 5.92 Å². The Kier molecular flexibility index (Phi) is 6.93. The zero-order chi connectivity index (χ0) is 14.2. The van der Waals surface area contributed by atoms with Gasteiger partial charge in [0.05, 0.1) is 5.38 Å². The molecule has 0 aromatic heterocycles. The second-order valence-corrected chi connectivity index (χ2v) is 6.78. The number of alkyl halides is 1. The topological polar surface area (TPSA) is 0 Å². The third-order valence-electron chi connectivity index (χ3n) is 4.72. The first-order chi connectivity index (χ1) is 9.83. The molecule has 0 N–H and O–H groups in total. The van der Waals surface area contributed by atoms with Gasteiger partial charge in [-0.05, 0) is 42.7 Å². The maximum absolute atomic E-state index is 6.78. The largest absolute Gasteiger partial charge is 0.118 e. The highest BCUT2D eigenvalue weighted by molar-refractivity contribution is 6.21. The van der Waals surface area contributed by atoms with E-state index in [4.69, 9.17) is 11.6 Å². The summed E-state index contributed by atoms with van der Waals surface area (Å²) in [7, 11) is 0.